The molecule has 0 radical (unpaired) electrons. The van der Waals surface area contributed by atoms with E-state index >= 15 is 0 Å². The number of hydrogen-bond donors (Lipinski definition) is 0. The second kappa shape index (κ2) is 5.43. The summed E-state index contributed by atoms with van der Waals surface area (Å²) in [5.74, 6) is -0.419. The van der Waals surface area contributed by atoms with Crippen molar-refractivity contribution in [2.45, 2.75) is 18.6 Å². The normalized spacial score (nSPS) is 19.1. The molecular formula is C11H10Cl2N2O5S. The second-order valence-electron chi connectivity index (χ2n) is 4.65. The maximum Gasteiger partial charge on any atom is 0.288 e. The molecule has 1 aliphatic heterocycles. The Bertz CT molecular complexity index is 734. The van der Waals surface area contributed by atoms with Crippen LogP contribution in [-0.4, -0.2) is 31.0 Å². The van der Waals surface area contributed by atoms with Crippen LogP contribution in [0.15, 0.2) is 12.1 Å². The molecule has 0 saturated carbocycles. The van der Waals surface area contributed by atoms with Crippen molar-refractivity contribution < 1.29 is 18.1 Å². The van der Waals surface area contributed by atoms with E-state index in [1.807, 2.05) is 0 Å². The maximum atomic E-state index is 11.9. The van der Waals surface area contributed by atoms with Crippen molar-refractivity contribution in [2.24, 2.45) is 0 Å². The molecule has 1 fully saturated rings. The fourth-order valence-corrected chi connectivity index (χ4v) is 3.44. The topological polar surface area (TPSA) is 97.6 Å². The van der Waals surface area contributed by atoms with E-state index in [1.54, 1.807) is 6.92 Å². The first-order valence-corrected chi connectivity index (χ1v) is 8.54. The Morgan fingerprint density at radius 1 is 1.43 bits per heavy atom. The molecule has 0 aliphatic carbocycles. The van der Waals surface area contributed by atoms with Gasteiger partial charge in [-0.05, 0) is 18.6 Å². The number of nitro groups is 1. The monoisotopic (exact) mass is 352 g/mol. The first-order valence-electron chi connectivity index (χ1n) is 5.79. The van der Waals surface area contributed by atoms with Gasteiger partial charge in [-0.3, -0.25) is 14.9 Å². The molecule has 0 N–H and O–H groups in total. The molecule has 1 atom stereocenters. The SMILES string of the molecule is Cc1cc([N+](=O)[O-])c(Cl)cc1N1CC(S(=O)(=O)Cl)CC1=O. The Kier molecular flexibility index (Phi) is 4.14. The Hall–Kier alpha value is -1.38. The van der Waals surface area contributed by atoms with E-state index in [0.29, 0.717) is 11.3 Å². The molecule has 2 rings (SSSR count). The molecule has 10 heteroatoms. The van der Waals surface area contributed by atoms with Crippen LogP contribution >= 0.6 is 22.3 Å². The van der Waals surface area contributed by atoms with Crippen molar-refractivity contribution in [1.82, 2.24) is 0 Å². The molecule has 1 heterocycles. The minimum absolute atomic E-state index is 0.0976. The molecule has 1 saturated heterocycles. The van der Waals surface area contributed by atoms with Gasteiger partial charge in [-0.2, -0.15) is 0 Å². The number of nitrogens with zero attached hydrogens (tertiary/aromatic N) is 2. The lowest BCUT2D eigenvalue weighted by atomic mass is 10.1. The largest absolute Gasteiger partial charge is 0.311 e. The third kappa shape index (κ3) is 3.12. The number of amides is 1. The average molecular weight is 353 g/mol. The molecule has 7 nitrogen and oxygen atoms in total. The highest BCUT2D eigenvalue weighted by Gasteiger charge is 2.38. The number of nitro benzene ring substituents is 1. The highest BCUT2D eigenvalue weighted by atomic mass is 35.7. The third-order valence-electron chi connectivity index (χ3n) is 3.24. The van der Waals surface area contributed by atoms with Crippen LogP contribution in [0.25, 0.3) is 0 Å². The van der Waals surface area contributed by atoms with Crippen LogP contribution in [0.1, 0.15) is 12.0 Å². The van der Waals surface area contributed by atoms with Crippen molar-refractivity contribution in [2.75, 3.05) is 11.4 Å². The van der Waals surface area contributed by atoms with Crippen LogP contribution in [0.3, 0.4) is 0 Å². The minimum atomic E-state index is -3.85. The van der Waals surface area contributed by atoms with Gasteiger partial charge in [0.2, 0.25) is 15.0 Å². The summed E-state index contributed by atoms with van der Waals surface area (Å²) in [6, 6.07) is 2.53. The summed E-state index contributed by atoms with van der Waals surface area (Å²) < 4.78 is 22.6. The van der Waals surface area contributed by atoms with E-state index in [4.69, 9.17) is 22.3 Å². The van der Waals surface area contributed by atoms with Crippen LogP contribution in [0.5, 0.6) is 0 Å². The average Bonchev–Trinajstić information content (AvgIpc) is 2.73. The van der Waals surface area contributed by atoms with Crippen molar-refractivity contribution in [3.8, 4) is 0 Å². The van der Waals surface area contributed by atoms with Gasteiger partial charge in [-0.1, -0.05) is 11.6 Å². The third-order valence-corrected chi connectivity index (χ3v) is 5.41. The molecule has 0 aromatic heterocycles. The molecule has 1 unspecified atom stereocenters. The fraction of sp³-hybridized carbons (Fsp3) is 0.364. The van der Waals surface area contributed by atoms with Gasteiger partial charge in [0.15, 0.2) is 0 Å². The first-order chi connectivity index (χ1) is 9.61. The van der Waals surface area contributed by atoms with Crippen molar-refractivity contribution >= 4 is 48.6 Å². The highest BCUT2D eigenvalue weighted by molar-refractivity contribution is 8.14. The van der Waals surface area contributed by atoms with Crippen LogP contribution in [0, 0.1) is 17.0 Å². The molecule has 0 bridgehead atoms. The van der Waals surface area contributed by atoms with Gasteiger partial charge in [0.1, 0.15) is 10.3 Å². The first kappa shape index (κ1) is 16.0. The zero-order chi connectivity index (χ0) is 15.9. The van der Waals surface area contributed by atoms with E-state index in [-0.39, 0.29) is 23.7 Å². The summed E-state index contributed by atoms with van der Waals surface area (Å²) in [5, 5.41) is 9.68. The lowest BCUT2D eigenvalue weighted by Gasteiger charge is -2.19. The van der Waals surface area contributed by atoms with Crippen molar-refractivity contribution in [1.29, 1.82) is 0 Å². The van der Waals surface area contributed by atoms with E-state index in [2.05, 4.69) is 0 Å². The zero-order valence-electron chi connectivity index (χ0n) is 10.7. The smallest absolute Gasteiger partial charge is 0.288 e. The van der Waals surface area contributed by atoms with Gasteiger partial charge in [-0.15, -0.1) is 0 Å². The molecule has 1 aromatic carbocycles. The number of hydrogen-bond acceptors (Lipinski definition) is 5. The molecule has 21 heavy (non-hydrogen) atoms. The number of carbonyl (C=O) groups excluding carboxylic acids is 1. The summed E-state index contributed by atoms with van der Waals surface area (Å²) in [7, 11) is 1.42. The number of carbonyl (C=O) groups is 1. The maximum absolute atomic E-state index is 11.9. The Labute approximate surface area is 130 Å². The summed E-state index contributed by atoms with van der Waals surface area (Å²) in [5.41, 5.74) is 0.525. The van der Waals surface area contributed by atoms with E-state index in [1.165, 1.54) is 17.0 Å². The predicted molar refractivity (Wildman–Crippen MR) is 78.4 cm³/mol. The summed E-state index contributed by atoms with van der Waals surface area (Å²) in [6.07, 6.45) is -0.222. The second-order valence-corrected chi connectivity index (χ2v) is 7.97. The Morgan fingerprint density at radius 2 is 2.05 bits per heavy atom. The lowest BCUT2D eigenvalue weighted by Crippen LogP contribution is -2.27. The molecule has 114 valence electrons. The lowest BCUT2D eigenvalue weighted by molar-refractivity contribution is -0.384. The molecule has 1 aromatic rings. The number of anilines is 1. The molecular weight excluding hydrogens is 343 g/mol. The number of rotatable bonds is 3. The van der Waals surface area contributed by atoms with Gasteiger partial charge in [-0.25, -0.2) is 8.42 Å². The van der Waals surface area contributed by atoms with Gasteiger partial charge in [0.25, 0.3) is 5.69 Å². The Balaban J connectivity index is 2.42. The number of benzene rings is 1. The number of aryl methyl sites for hydroxylation is 1. The standard InChI is InChI=1S/C11H10Cl2N2O5S/c1-6-2-10(15(17)18)8(12)4-9(6)14-5-7(3-11(14)16)21(13,19)20/h2,4,7H,3,5H2,1H3. The van der Waals surface area contributed by atoms with E-state index < -0.39 is 25.1 Å². The quantitative estimate of drug-likeness (QED) is 0.472. The summed E-state index contributed by atoms with van der Waals surface area (Å²) in [4.78, 5) is 23.3. The number of halogens is 2. The van der Waals surface area contributed by atoms with Crippen molar-refractivity contribution in [3.05, 3.63) is 32.8 Å². The van der Waals surface area contributed by atoms with Crippen LogP contribution in [0.4, 0.5) is 11.4 Å². The molecule has 1 amide bonds. The Morgan fingerprint density at radius 3 is 2.52 bits per heavy atom. The molecule has 0 spiro atoms. The van der Waals surface area contributed by atoms with Gasteiger partial charge in [0.05, 0.1) is 4.92 Å². The van der Waals surface area contributed by atoms with Crippen LogP contribution < -0.4 is 4.90 Å². The highest BCUT2D eigenvalue weighted by Crippen LogP contribution is 2.35. The van der Waals surface area contributed by atoms with Crippen LogP contribution in [-0.2, 0) is 13.8 Å². The fourth-order valence-electron chi connectivity index (χ4n) is 2.18. The van der Waals surface area contributed by atoms with E-state index in [9.17, 15) is 23.3 Å². The molecule has 1 aliphatic rings. The van der Waals surface area contributed by atoms with Gasteiger partial charge in [0, 0.05) is 35.4 Å². The minimum Gasteiger partial charge on any atom is -0.311 e. The van der Waals surface area contributed by atoms with Crippen molar-refractivity contribution in [3.63, 3.8) is 0 Å². The van der Waals surface area contributed by atoms with Gasteiger partial charge < -0.3 is 4.90 Å². The summed E-state index contributed by atoms with van der Waals surface area (Å²) >= 11 is 5.82. The van der Waals surface area contributed by atoms with Crippen LogP contribution in [0.2, 0.25) is 5.02 Å². The van der Waals surface area contributed by atoms with Gasteiger partial charge >= 0.3 is 0 Å². The van der Waals surface area contributed by atoms with E-state index in [0.717, 1.165) is 0 Å². The predicted octanol–water partition coefficient (Wildman–Crippen LogP) is 2.23. The zero-order valence-corrected chi connectivity index (χ0v) is 13.1. The summed E-state index contributed by atoms with van der Waals surface area (Å²) in [6.45, 7) is 1.48.